The lowest BCUT2D eigenvalue weighted by Crippen LogP contribution is -2.45. The minimum atomic E-state index is -0.217. The van der Waals surface area contributed by atoms with E-state index in [1.807, 2.05) is 19.2 Å². The van der Waals surface area contributed by atoms with Gasteiger partial charge in [0.25, 0.3) is 0 Å². The Kier molecular flexibility index (Phi) is 7.08. The van der Waals surface area contributed by atoms with E-state index in [1.54, 1.807) is 0 Å². The van der Waals surface area contributed by atoms with Crippen LogP contribution in [0.4, 0.5) is 0 Å². The summed E-state index contributed by atoms with van der Waals surface area (Å²) in [7, 11) is 1.81. The Morgan fingerprint density at radius 1 is 1.24 bits per heavy atom. The number of benzene rings is 1. The Morgan fingerprint density at radius 3 is 2.76 bits per heavy atom. The molecule has 1 unspecified atom stereocenters. The molecule has 2 heterocycles. The number of para-hydroxylation sites is 1. The predicted octanol–water partition coefficient (Wildman–Crippen LogP) is 4.58. The highest BCUT2D eigenvalue weighted by molar-refractivity contribution is 14.0. The summed E-state index contributed by atoms with van der Waals surface area (Å²) in [6, 6.07) is 11.1. The summed E-state index contributed by atoms with van der Waals surface area (Å²) in [4.78, 5) is 4.42. The van der Waals surface area contributed by atoms with Gasteiger partial charge in [-0.3, -0.25) is 9.67 Å². The summed E-state index contributed by atoms with van der Waals surface area (Å²) >= 11 is 0. The molecule has 2 N–H and O–H groups in total. The molecule has 1 saturated carbocycles. The molecule has 1 aromatic heterocycles. The summed E-state index contributed by atoms with van der Waals surface area (Å²) in [5, 5.41) is 11.7. The van der Waals surface area contributed by atoms with Gasteiger partial charge in [-0.2, -0.15) is 5.10 Å². The summed E-state index contributed by atoms with van der Waals surface area (Å²) < 4.78 is 8.27. The van der Waals surface area contributed by atoms with E-state index >= 15 is 0 Å². The maximum atomic E-state index is 6.13. The van der Waals surface area contributed by atoms with Gasteiger partial charge < -0.3 is 15.4 Å². The van der Waals surface area contributed by atoms with Gasteiger partial charge in [-0.1, -0.05) is 31.0 Å². The molecule has 1 aliphatic heterocycles. The lowest BCUT2D eigenvalue weighted by Gasteiger charge is -2.38. The first-order chi connectivity index (χ1) is 13.5. The van der Waals surface area contributed by atoms with Gasteiger partial charge in [-0.05, 0) is 38.8 Å². The summed E-state index contributed by atoms with van der Waals surface area (Å²) in [6.07, 6.45) is 8.12. The van der Waals surface area contributed by atoms with E-state index in [0.717, 1.165) is 23.8 Å². The van der Waals surface area contributed by atoms with Crippen LogP contribution in [-0.4, -0.2) is 28.4 Å². The molecule has 29 heavy (non-hydrogen) atoms. The smallest absolute Gasteiger partial charge is 0.191 e. The van der Waals surface area contributed by atoms with Crippen molar-refractivity contribution in [3.63, 3.8) is 0 Å². The Bertz CT molecular complexity index is 841. The molecule has 4 rings (SSSR count). The molecule has 0 amide bonds. The molecule has 0 spiro atoms. The maximum absolute atomic E-state index is 6.13. The number of hydrogen-bond donors (Lipinski definition) is 2. The number of rotatable bonds is 4. The topological polar surface area (TPSA) is 63.5 Å². The molecule has 0 radical (unpaired) electrons. The zero-order chi connectivity index (χ0) is 19.6. The first-order valence-electron chi connectivity index (χ1n) is 10.3. The van der Waals surface area contributed by atoms with E-state index in [-0.39, 0.29) is 35.6 Å². The first kappa shape index (κ1) is 21.9. The van der Waals surface area contributed by atoms with Crippen LogP contribution < -0.4 is 15.4 Å². The third-order valence-electron chi connectivity index (χ3n) is 5.71. The third-order valence-corrected chi connectivity index (χ3v) is 5.71. The minimum absolute atomic E-state index is 0. The largest absolute Gasteiger partial charge is 0.487 e. The second-order valence-corrected chi connectivity index (χ2v) is 8.45. The molecule has 6 nitrogen and oxygen atoms in total. The highest BCUT2D eigenvalue weighted by Crippen LogP contribution is 2.39. The molecule has 7 heteroatoms. The maximum Gasteiger partial charge on any atom is 0.191 e. The van der Waals surface area contributed by atoms with Crippen LogP contribution in [0.1, 0.15) is 69.3 Å². The van der Waals surface area contributed by atoms with Crippen LogP contribution in [0.3, 0.4) is 0 Å². The summed E-state index contributed by atoms with van der Waals surface area (Å²) in [5.74, 6) is 1.73. The molecule has 1 aliphatic carbocycles. The van der Waals surface area contributed by atoms with E-state index < -0.39 is 0 Å². The van der Waals surface area contributed by atoms with Crippen molar-refractivity contribution in [3.05, 3.63) is 47.8 Å². The van der Waals surface area contributed by atoms with Crippen LogP contribution in [0.5, 0.6) is 5.75 Å². The number of guanidine groups is 1. The van der Waals surface area contributed by atoms with Crippen molar-refractivity contribution < 1.29 is 4.74 Å². The fourth-order valence-corrected chi connectivity index (χ4v) is 4.31. The highest BCUT2D eigenvalue weighted by Gasteiger charge is 2.34. The second-order valence-electron chi connectivity index (χ2n) is 8.45. The van der Waals surface area contributed by atoms with E-state index in [4.69, 9.17) is 9.84 Å². The quantitative estimate of drug-likeness (QED) is 0.360. The summed E-state index contributed by atoms with van der Waals surface area (Å²) in [6.45, 7) is 4.92. The predicted molar refractivity (Wildman–Crippen MR) is 127 cm³/mol. The van der Waals surface area contributed by atoms with Crippen LogP contribution in [0.15, 0.2) is 41.5 Å². The lowest BCUT2D eigenvalue weighted by molar-refractivity contribution is 0.0694. The molecule has 2 aromatic rings. The van der Waals surface area contributed by atoms with Crippen LogP contribution in [0, 0.1) is 0 Å². The Balaban J connectivity index is 0.00000240. The van der Waals surface area contributed by atoms with Crippen LogP contribution >= 0.6 is 24.0 Å². The van der Waals surface area contributed by atoms with E-state index in [2.05, 4.69) is 58.6 Å². The van der Waals surface area contributed by atoms with Gasteiger partial charge in [0.1, 0.15) is 11.4 Å². The van der Waals surface area contributed by atoms with Gasteiger partial charge in [-0.25, -0.2) is 0 Å². The van der Waals surface area contributed by atoms with Crippen molar-refractivity contribution >= 4 is 29.9 Å². The molecule has 0 bridgehead atoms. The van der Waals surface area contributed by atoms with Crippen molar-refractivity contribution in [2.45, 2.75) is 70.2 Å². The van der Waals surface area contributed by atoms with Crippen molar-refractivity contribution in [2.24, 2.45) is 4.99 Å². The Labute approximate surface area is 190 Å². The SMILES string of the molecule is CN=C(NCc1ccn(C2CCCC2)n1)NC1CC(C)(C)Oc2ccccc21.I. The highest BCUT2D eigenvalue weighted by atomic mass is 127. The van der Waals surface area contributed by atoms with Gasteiger partial charge in [-0.15, -0.1) is 24.0 Å². The minimum Gasteiger partial charge on any atom is -0.487 e. The van der Waals surface area contributed by atoms with Gasteiger partial charge in [0, 0.05) is 25.2 Å². The fraction of sp³-hybridized carbons (Fsp3) is 0.545. The van der Waals surface area contributed by atoms with Crippen molar-refractivity contribution in [2.75, 3.05) is 7.05 Å². The molecule has 1 aromatic carbocycles. The average molecular weight is 509 g/mol. The van der Waals surface area contributed by atoms with Gasteiger partial charge in [0.15, 0.2) is 5.96 Å². The van der Waals surface area contributed by atoms with Crippen molar-refractivity contribution in [1.82, 2.24) is 20.4 Å². The third kappa shape index (κ3) is 5.24. The molecular weight excluding hydrogens is 477 g/mol. The normalized spacial score (nSPS) is 21.1. The number of aliphatic imine (C=N–C) groups is 1. The van der Waals surface area contributed by atoms with E-state index in [1.165, 1.54) is 31.2 Å². The van der Waals surface area contributed by atoms with Gasteiger partial charge in [0.2, 0.25) is 0 Å². The first-order valence-corrected chi connectivity index (χ1v) is 10.3. The number of nitrogens with one attached hydrogen (secondary N) is 2. The number of nitrogens with zero attached hydrogens (tertiary/aromatic N) is 3. The number of hydrogen-bond acceptors (Lipinski definition) is 3. The van der Waals surface area contributed by atoms with Crippen molar-refractivity contribution in [1.29, 1.82) is 0 Å². The standard InChI is InChI=1S/C22H31N5O.HI/c1-22(2)14-19(18-10-6-7-11-20(18)28-22)25-21(23-3)24-15-16-12-13-27(26-16)17-8-4-5-9-17;/h6-7,10-13,17,19H,4-5,8-9,14-15H2,1-3H3,(H2,23,24,25);1H. The molecule has 0 saturated heterocycles. The number of aromatic nitrogens is 2. The zero-order valence-corrected chi connectivity index (χ0v) is 19.8. The zero-order valence-electron chi connectivity index (χ0n) is 17.5. The van der Waals surface area contributed by atoms with Gasteiger partial charge in [0.05, 0.1) is 24.3 Å². The molecule has 1 atom stereocenters. The van der Waals surface area contributed by atoms with Crippen LogP contribution in [0.2, 0.25) is 0 Å². The Hall–Kier alpha value is -1.77. The number of halogens is 1. The molecule has 158 valence electrons. The van der Waals surface area contributed by atoms with Crippen molar-refractivity contribution in [3.8, 4) is 5.75 Å². The second kappa shape index (κ2) is 9.36. The molecule has 2 aliphatic rings. The molecular formula is C22H32IN5O. The number of ether oxygens (including phenoxy) is 1. The average Bonchev–Trinajstić information content (AvgIpc) is 3.35. The van der Waals surface area contributed by atoms with Crippen LogP contribution in [-0.2, 0) is 6.54 Å². The summed E-state index contributed by atoms with van der Waals surface area (Å²) in [5.41, 5.74) is 2.00. The lowest BCUT2D eigenvalue weighted by atomic mass is 9.90. The number of fused-ring (bicyclic) bond motifs is 1. The molecule has 1 fully saturated rings. The van der Waals surface area contributed by atoms with E-state index in [0.29, 0.717) is 12.6 Å². The van der Waals surface area contributed by atoms with Crippen LogP contribution in [0.25, 0.3) is 0 Å². The Morgan fingerprint density at radius 2 is 2.00 bits per heavy atom. The fourth-order valence-electron chi connectivity index (χ4n) is 4.31. The van der Waals surface area contributed by atoms with E-state index in [9.17, 15) is 0 Å². The van der Waals surface area contributed by atoms with Gasteiger partial charge >= 0.3 is 0 Å². The monoisotopic (exact) mass is 509 g/mol.